The Balaban J connectivity index is 2.23. The number of amides is 1. The van der Waals surface area contributed by atoms with E-state index in [4.69, 9.17) is 4.74 Å². The number of alkyl halides is 3. The highest BCUT2D eigenvalue weighted by molar-refractivity contribution is 9.10. The molecule has 0 spiro atoms. The van der Waals surface area contributed by atoms with Gasteiger partial charge in [0.15, 0.2) is 5.69 Å². The van der Waals surface area contributed by atoms with Crippen molar-refractivity contribution in [2.24, 2.45) is 0 Å². The summed E-state index contributed by atoms with van der Waals surface area (Å²) in [6.07, 6.45) is -4.68. The second-order valence-corrected chi connectivity index (χ2v) is 6.11. The zero-order chi connectivity index (χ0) is 20.4. The van der Waals surface area contributed by atoms with Crippen LogP contribution in [0.1, 0.15) is 18.3 Å². The van der Waals surface area contributed by atoms with Crippen molar-refractivity contribution in [3.8, 4) is 5.75 Å². The molecule has 12 heteroatoms. The summed E-state index contributed by atoms with van der Waals surface area (Å²) >= 11 is 2.81. The van der Waals surface area contributed by atoms with Gasteiger partial charge >= 0.3 is 6.18 Å². The number of nitro benzene ring substituents is 1. The number of nitrogens with zero attached hydrogens (tertiary/aromatic N) is 3. The molecule has 0 bridgehead atoms. The predicted molar refractivity (Wildman–Crippen MR) is 92.6 cm³/mol. The Morgan fingerprint density at radius 1 is 1.44 bits per heavy atom. The summed E-state index contributed by atoms with van der Waals surface area (Å²) in [5.74, 6) is -0.516. The Morgan fingerprint density at radius 2 is 2.11 bits per heavy atom. The maximum absolute atomic E-state index is 12.9. The maximum atomic E-state index is 12.9. The van der Waals surface area contributed by atoms with Crippen LogP contribution in [0.2, 0.25) is 0 Å². The first-order valence-electron chi connectivity index (χ1n) is 7.55. The molecule has 146 valence electrons. The molecule has 0 atom stereocenters. The number of carbonyl (C=O) groups excluding carboxylic acids is 1. The van der Waals surface area contributed by atoms with Crippen LogP contribution in [0.15, 0.2) is 22.7 Å². The van der Waals surface area contributed by atoms with Crippen molar-refractivity contribution in [2.75, 3.05) is 11.9 Å². The molecular weight excluding hydrogens is 437 g/mol. The average molecular weight is 451 g/mol. The molecule has 0 aliphatic rings. The Morgan fingerprint density at radius 3 is 2.63 bits per heavy atom. The lowest BCUT2D eigenvalue weighted by molar-refractivity contribution is -0.384. The largest absolute Gasteiger partial charge is 0.494 e. The molecule has 2 aromatic rings. The van der Waals surface area contributed by atoms with Gasteiger partial charge in [0.05, 0.1) is 27.8 Å². The van der Waals surface area contributed by atoms with Crippen LogP contribution in [0, 0.1) is 17.0 Å². The van der Waals surface area contributed by atoms with E-state index in [1.54, 1.807) is 6.92 Å². The Bertz CT molecular complexity index is 883. The van der Waals surface area contributed by atoms with E-state index in [1.165, 1.54) is 19.1 Å². The summed E-state index contributed by atoms with van der Waals surface area (Å²) in [5.41, 5.74) is -1.56. The molecule has 0 radical (unpaired) electrons. The number of nitro groups is 1. The number of aromatic nitrogens is 2. The van der Waals surface area contributed by atoms with E-state index in [-0.39, 0.29) is 21.6 Å². The molecule has 0 aliphatic heterocycles. The first-order chi connectivity index (χ1) is 12.5. The van der Waals surface area contributed by atoms with Crippen molar-refractivity contribution in [3.63, 3.8) is 0 Å². The van der Waals surface area contributed by atoms with Crippen molar-refractivity contribution < 1.29 is 27.6 Å². The van der Waals surface area contributed by atoms with Crippen molar-refractivity contribution in [2.45, 2.75) is 26.6 Å². The van der Waals surface area contributed by atoms with E-state index in [0.717, 1.165) is 10.7 Å². The fourth-order valence-corrected chi connectivity index (χ4v) is 2.72. The first-order valence-corrected chi connectivity index (χ1v) is 8.35. The molecule has 0 saturated carbocycles. The fourth-order valence-electron chi connectivity index (χ4n) is 2.21. The van der Waals surface area contributed by atoms with Crippen molar-refractivity contribution in [1.29, 1.82) is 0 Å². The van der Waals surface area contributed by atoms with E-state index in [1.807, 2.05) is 0 Å². The molecule has 1 aromatic heterocycles. The van der Waals surface area contributed by atoms with Gasteiger partial charge in [-0.3, -0.25) is 19.6 Å². The third-order valence-corrected chi connectivity index (χ3v) is 4.40. The number of rotatable bonds is 6. The lowest BCUT2D eigenvalue weighted by atomic mass is 10.2. The number of halogens is 4. The minimum Gasteiger partial charge on any atom is -0.494 e. The normalized spacial score (nSPS) is 11.3. The van der Waals surface area contributed by atoms with Crippen molar-refractivity contribution in [3.05, 3.63) is 44.2 Å². The number of nitrogens with one attached hydrogen (secondary N) is 1. The lowest BCUT2D eigenvalue weighted by Crippen LogP contribution is -2.21. The molecule has 1 heterocycles. The topological polar surface area (TPSA) is 99.3 Å². The van der Waals surface area contributed by atoms with E-state index >= 15 is 0 Å². The molecule has 1 amide bonds. The second-order valence-electron chi connectivity index (χ2n) is 5.32. The van der Waals surface area contributed by atoms with Crippen LogP contribution in [-0.4, -0.2) is 27.2 Å². The molecule has 0 saturated heterocycles. The Hall–Kier alpha value is -2.63. The highest BCUT2D eigenvalue weighted by Crippen LogP contribution is 2.35. The van der Waals surface area contributed by atoms with Crippen LogP contribution < -0.4 is 10.1 Å². The molecule has 1 aromatic carbocycles. The number of ether oxygens (including phenoxy) is 1. The van der Waals surface area contributed by atoms with Gasteiger partial charge in [-0.15, -0.1) is 0 Å². The number of anilines is 1. The minimum absolute atomic E-state index is 0.0960. The predicted octanol–water partition coefficient (Wildman–Crippen LogP) is 3.92. The summed E-state index contributed by atoms with van der Waals surface area (Å²) in [5, 5.41) is 16.9. The molecule has 27 heavy (non-hydrogen) atoms. The zero-order valence-electron chi connectivity index (χ0n) is 14.1. The van der Waals surface area contributed by atoms with E-state index in [0.29, 0.717) is 6.61 Å². The molecule has 0 aliphatic carbocycles. The summed E-state index contributed by atoms with van der Waals surface area (Å²) in [6, 6.07) is 3.87. The van der Waals surface area contributed by atoms with E-state index in [9.17, 15) is 28.1 Å². The fraction of sp³-hybridized carbons (Fsp3) is 0.333. The quantitative estimate of drug-likeness (QED) is 0.530. The summed E-state index contributed by atoms with van der Waals surface area (Å²) in [6.45, 7) is 2.82. The van der Waals surface area contributed by atoms with Gasteiger partial charge in [-0.1, -0.05) is 0 Å². The Labute approximate surface area is 159 Å². The minimum atomic E-state index is -4.68. The van der Waals surface area contributed by atoms with Gasteiger partial charge in [0.1, 0.15) is 18.0 Å². The van der Waals surface area contributed by atoms with Crippen molar-refractivity contribution >= 4 is 33.2 Å². The smallest absolute Gasteiger partial charge is 0.436 e. The number of carbonyl (C=O) groups is 1. The standard InChI is InChI=1S/C15H14BrF3N4O4/c1-3-27-9-4-5-10(11(6-9)23(25)26)20-12(24)7-22-8(2)13(16)14(21-22)15(17,18)19/h4-6H,3,7H2,1-2H3,(H,20,24). The highest BCUT2D eigenvalue weighted by Gasteiger charge is 2.38. The van der Waals surface area contributed by atoms with E-state index in [2.05, 4.69) is 26.3 Å². The van der Waals surface area contributed by atoms with Gasteiger partial charge in [0, 0.05) is 0 Å². The van der Waals surface area contributed by atoms with Crippen LogP contribution in [0.5, 0.6) is 5.75 Å². The number of benzene rings is 1. The SMILES string of the molecule is CCOc1ccc(NC(=O)Cn2nc(C(F)(F)F)c(Br)c2C)c([N+](=O)[O-])c1. The van der Waals surface area contributed by atoms with Crippen molar-refractivity contribution in [1.82, 2.24) is 9.78 Å². The molecule has 0 fully saturated rings. The molecule has 1 N–H and O–H groups in total. The summed E-state index contributed by atoms with van der Waals surface area (Å²) in [4.78, 5) is 22.6. The van der Waals surface area contributed by atoms with Crippen LogP contribution in [-0.2, 0) is 17.5 Å². The number of hydrogen-bond donors (Lipinski definition) is 1. The van der Waals surface area contributed by atoms with E-state index < -0.39 is 34.9 Å². The molecule has 8 nitrogen and oxygen atoms in total. The molecule has 0 unspecified atom stereocenters. The first kappa shape index (κ1) is 20.7. The molecule has 2 rings (SSSR count). The van der Waals surface area contributed by atoms with Gasteiger partial charge in [-0.05, 0) is 41.9 Å². The summed E-state index contributed by atoms with van der Waals surface area (Å²) < 4.78 is 44.4. The van der Waals surface area contributed by atoms with Crippen LogP contribution in [0.4, 0.5) is 24.5 Å². The van der Waals surface area contributed by atoms with Crippen LogP contribution in [0.25, 0.3) is 0 Å². The lowest BCUT2D eigenvalue weighted by Gasteiger charge is -2.09. The third-order valence-electron chi connectivity index (χ3n) is 3.45. The van der Waals surface area contributed by atoms with Gasteiger partial charge in [0.25, 0.3) is 5.69 Å². The van der Waals surface area contributed by atoms with Crippen LogP contribution in [0.3, 0.4) is 0 Å². The maximum Gasteiger partial charge on any atom is 0.436 e. The Kier molecular flexibility index (Phi) is 6.08. The second kappa shape index (κ2) is 7.94. The third kappa shape index (κ3) is 4.76. The summed E-state index contributed by atoms with van der Waals surface area (Å²) in [7, 11) is 0. The van der Waals surface area contributed by atoms with Gasteiger partial charge in [0.2, 0.25) is 5.91 Å². The number of hydrogen-bond acceptors (Lipinski definition) is 5. The average Bonchev–Trinajstić information content (AvgIpc) is 2.84. The van der Waals surface area contributed by atoms with Gasteiger partial charge in [-0.2, -0.15) is 18.3 Å². The molecular formula is C15H14BrF3N4O4. The monoisotopic (exact) mass is 450 g/mol. The van der Waals surface area contributed by atoms with Gasteiger partial charge in [-0.25, -0.2) is 0 Å². The van der Waals surface area contributed by atoms with Crippen LogP contribution >= 0.6 is 15.9 Å². The zero-order valence-corrected chi connectivity index (χ0v) is 15.7. The van der Waals surface area contributed by atoms with Gasteiger partial charge < -0.3 is 10.1 Å². The highest BCUT2D eigenvalue weighted by atomic mass is 79.9.